The van der Waals surface area contributed by atoms with E-state index in [0.717, 1.165) is 53.2 Å². The number of carbonyl (C=O) groups excluding carboxylic acids is 1. The Hall–Kier alpha value is -3.47. The monoisotopic (exact) mass is 368 g/mol. The molecule has 0 N–H and O–H groups in total. The van der Waals surface area contributed by atoms with Crippen molar-refractivity contribution in [2.75, 3.05) is 18.0 Å². The van der Waals surface area contributed by atoms with Crippen molar-refractivity contribution in [3.05, 3.63) is 72.7 Å². The van der Waals surface area contributed by atoms with Gasteiger partial charge in [-0.1, -0.05) is 18.2 Å². The number of aldehydes is 1. The van der Waals surface area contributed by atoms with Gasteiger partial charge in [-0.3, -0.25) is 9.20 Å². The minimum absolute atomic E-state index is 0.674. The molecular weight excluding hydrogens is 348 g/mol. The summed E-state index contributed by atoms with van der Waals surface area (Å²) in [5.74, 6) is 1.03. The number of nitrogens with zero attached hydrogens (tertiary/aromatic N) is 4. The Balaban J connectivity index is 1.53. The molecule has 1 aliphatic heterocycles. The second-order valence-corrected chi connectivity index (χ2v) is 7.13. The highest BCUT2D eigenvalue weighted by Gasteiger charge is 2.15. The lowest BCUT2D eigenvalue weighted by atomic mass is 10.0. The summed E-state index contributed by atoms with van der Waals surface area (Å²) in [5, 5.41) is 0. The lowest BCUT2D eigenvalue weighted by Gasteiger charge is -2.16. The molecule has 5 nitrogen and oxygen atoms in total. The van der Waals surface area contributed by atoms with Crippen LogP contribution in [0.3, 0.4) is 0 Å². The van der Waals surface area contributed by atoms with Crippen LogP contribution >= 0.6 is 0 Å². The van der Waals surface area contributed by atoms with Gasteiger partial charge in [-0.25, -0.2) is 9.97 Å². The summed E-state index contributed by atoms with van der Waals surface area (Å²) in [6.07, 6.45) is 9.16. The Bertz CT molecular complexity index is 1160. The Morgan fingerprint density at radius 3 is 2.61 bits per heavy atom. The SMILES string of the molecule is O=Cc1cccc(-c2ccn3c(-c4ccnc(N5CCCC5)c4)cnc3c2)c1. The van der Waals surface area contributed by atoms with Gasteiger partial charge < -0.3 is 4.90 Å². The zero-order chi connectivity index (χ0) is 18.9. The molecule has 0 atom stereocenters. The van der Waals surface area contributed by atoms with Crippen molar-refractivity contribution in [3.8, 4) is 22.4 Å². The first-order chi connectivity index (χ1) is 13.8. The molecule has 28 heavy (non-hydrogen) atoms. The number of imidazole rings is 1. The number of aromatic nitrogens is 3. The molecule has 0 spiro atoms. The summed E-state index contributed by atoms with van der Waals surface area (Å²) in [7, 11) is 0. The van der Waals surface area contributed by atoms with Crippen LogP contribution in [-0.2, 0) is 0 Å². The molecule has 1 aliphatic rings. The number of fused-ring (bicyclic) bond motifs is 1. The Labute approximate surface area is 163 Å². The summed E-state index contributed by atoms with van der Waals surface area (Å²) < 4.78 is 2.09. The number of hydrogen-bond acceptors (Lipinski definition) is 4. The molecule has 138 valence electrons. The van der Waals surface area contributed by atoms with E-state index in [1.807, 2.05) is 48.9 Å². The van der Waals surface area contributed by atoms with Crippen LogP contribution in [0.5, 0.6) is 0 Å². The lowest BCUT2D eigenvalue weighted by Crippen LogP contribution is -2.18. The average molecular weight is 368 g/mol. The van der Waals surface area contributed by atoms with Gasteiger partial charge in [0.2, 0.25) is 0 Å². The van der Waals surface area contributed by atoms with E-state index in [1.54, 1.807) is 0 Å². The maximum Gasteiger partial charge on any atom is 0.150 e. The zero-order valence-electron chi connectivity index (χ0n) is 15.5. The molecule has 1 saturated heterocycles. The molecule has 3 aromatic heterocycles. The van der Waals surface area contributed by atoms with Gasteiger partial charge >= 0.3 is 0 Å². The number of pyridine rings is 2. The number of carbonyl (C=O) groups is 1. The van der Waals surface area contributed by atoms with E-state index in [9.17, 15) is 4.79 Å². The van der Waals surface area contributed by atoms with E-state index in [2.05, 4.69) is 37.5 Å². The highest BCUT2D eigenvalue weighted by Crippen LogP contribution is 2.28. The third kappa shape index (κ3) is 2.95. The van der Waals surface area contributed by atoms with Gasteiger partial charge in [0.15, 0.2) is 0 Å². The maximum absolute atomic E-state index is 11.1. The molecule has 5 heteroatoms. The molecule has 4 heterocycles. The van der Waals surface area contributed by atoms with Crippen molar-refractivity contribution in [2.45, 2.75) is 12.8 Å². The highest BCUT2D eigenvalue weighted by atomic mass is 16.1. The molecule has 0 amide bonds. The normalized spacial score (nSPS) is 13.9. The molecule has 0 unspecified atom stereocenters. The van der Waals surface area contributed by atoms with Crippen molar-refractivity contribution < 1.29 is 4.79 Å². The van der Waals surface area contributed by atoms with Crippen molar-refractivity contribution >= 4 is 17.8 Å². The number of hydrogen-bond donors (Lipinski definition) is 0. The molecule has 1 fully saturated rings. The standard InChI is InChI=1S/C23H20N4O/c28-16-17-4-3-5-18(12-17)19-7-11-27-21(15-25-23(27)13-19)20-6-8-24-22(14-20)26-9-1-2-10-26/h3-8,11-16H,1-2,9-10H2. The predicted molar refractivity (Wildman–Crippen MR) is 111 cm³/mol. The van der Waals surface area contributed by atoms with Gasteiger partial charge in [-0.05, 0) is 54.3 Å². The minimum Gasteiger partial charge on any atom is -0.357 e. The molecular formula is C23H20N4O. The average Bonchev–Trinajstić information content (AvgIpc) is 3.43. The molecule has 0 saturated carbocycles. The van der Waals surface area contributed by atoms with Crippen LogP contribution in [0.2, 0.25) is 0 Å². The summed E-state index contributed by atoms with van der Waals surface area (Å²) in [4.78, 5) is 22.6. The van der Waals surface area contributed by atoms with Gasteiger partial charge in [0, 0.05) is 36.6 Å². The van der Waals surface area contributed by atoms with Gasteiger partial charge in [-0.15, -0.1) is 0 Å². The summed E-state index contributed by atoms with van der Waals surface area (Å²) in [6, 6.07) is 15.9. The van der Waals surface area contributed by atoms with Crippen LogP contribution in [-0.4, -0.2) is 33.7 Å². The quantitative estimate of drug-likeness (QED) is 0.499. The minimum atomic E-state index is 0.674. The number of benzene rings is 1. The lowest BCUT2D eigenvalue weighted by molar-refractivity contribution is 0.112. The smallest absolute Gasteiger partial charge is 0.150 e. The van der Waals surface area contributed by atoms with E-state index >= 15 is 0 Å². The van der Waals surface area contributed by atoms with E-state index in [1.165, 1.54) is 12.8 Å². The fourth-order valence-electron chi connectivity index (χ4n) is 3.86. The topological polar surface area (TPSA) is 50.5 Å². The molecule has 0 aliphatic carbocycles. The van der Waals surface area contributed by atoms with Crippen LogP contribution in [0, 0.1) is 0 Å². The first kappa shape index (κ1) is 16.7. The first-order valence-corrected chi connectivity index (χ1v) is 9.56. The van der Waals surface area contributed by atoms with E-state index in [0.29, 0.717) is 5.56 Å². The van der Waals surface area contributed by atoms with E-state index in [4.69, 9.17) is 0 Å². The molecule has 0 bridgehead atoms. The van der Waals surface area contributed by atoms with Gasteiger partial charge in [-0.2, -0.15) is 0 Å². The predicted octanol–water partition coefficient (Wildman–Crippen LogP) is 4.48. The van der Waals surface area contributed by atoms with Crippen LogP contribution in [0.4, 0.5) is 5.82 Å². The van der Waals surface area contributed by atoms with Crippen molar-refractivity contribution in [3.63, 3.8) is 0 Å². The van der Waals surface area contributed by atoms with Crippen molar-refractivity contribution in [1.82, 2.24) is 14.4 Å². The third-order valence-corrected chi connectivity index (χ3v) is 5.34. The second-order valence-electron chi connectivity index (χ2n) is 7.13. The van der Waals surface area contributed by atoms with Crippen LogP contribution in [0.15, 0.2) is 67.1 Å². The van der Waals surface area contributed by atoms with Crippen molar-refractivity contribution in [1.29, 1.82) is 0 Å². The maximum atomic E-state index is 11.1. The van der Waals surface area contributed by atoms with Crippen molar-refractivity contribution in [2.24, 2.45) is 0 Å². The zero-order valence-corrected chi connectivity index (χ0v) is 15.5. The summed E-state index contributed by atoms with van der Waals surface area (Å²) >= 11 is 0. The fraction of sp³-hybridized carbons (Fsp3) is 0.174. The van der Waals surface area contributed by atoms with E-state index < -0.39 is 0 Å². The first-order valence-electron chi connectivity index (χ1n) is 9.56. The van der Waals surface area contributed by atoms with Gasteiger partial charge in [0.1, 0.15) is 17.8 Å². The molecule has 4 aromatic rings. The second kappa shape index (κ2) is 6.93. The highest BCUT2D eigenvalue weighted by molar-refractivity contribution is 5.79. The largest absolute Gasteiger partial charge is 0.357 e. The summed E-state index contributed by atoms with van der Waals surface area (Å²) in [6.45, 7) is 2.15. The molecule has 0 radical (unpaired) electrons. The third-order valence-electron chi connectivity index (χ3n) is 5.34. The summed E-state index contributed by atoms with van der Waals surface area (Å²) in [5.41, 5.74) is 5.76. The fourth-order valence-corrected chi connectivity index (χ4v) is 3.86. The molecule has 1 aromatic carbocycles. The Kier molecular flexibility index (Phi) is 4.13. The van der Waals surface area contributed by atoms with Crippen LogP contribution in [0.1, 0.15) is 23.2 Å². The van der Waals surface area contributed by atoms with E-state index in [-0.39, 0.29) is 0 Å². The van der Waals surface area contributed by atoms with Crippen LogP contribution in [0.25, 0.3) is 28.0 Å². The van der Waals surface area contributed by atoms with Gasteiger partial charge in [0.05, 0.1) is 11.9 Å². The number of anilines is 1. The molecule has 5 rings (SSSR count). The number of rotatable bonds is 4. The Morgan fingerprint density at radius 1 is 0.893 bits per heavy atom. The van der Waals surface area contributed by atoms with Gasteiger partial charge in [0.25, 0.3) is 0 Å². The van der Waals surface area contributed by atoms with Crippen LogP contribution < -0.4 is 4.90 Å². The Morgan fingerprint density at radius 2 is 1.75 bits per heavy atom.